The molecule has 0 aliphatic rings. The van der Waals surface area contributed by atoms with Crippen molar-refractivity contribution in [1.82, 2.24) is 0 Å². The Balaban J connectivity index is 7.05. The van der Waals surface area contributed by atoms with Crippen molar-refractivity contribution in [3.8, 4) is 0 Å². The molecule has 0 bridgehead atoms. The molecule has 0 aromatic heterocycles. The first kappa shape index (κ1) is 23.7. The summed E-state index contributed by atoms with van der Waals surface area (Å²) in [4.78, 5) is 0. The average Bonchev–Trinajstić information content (AvgIpc) is 2.02. The third-order valence-corrected chi connectivity index (χ3v) is 151. The van der Waals surface area contributed by atoms with Crippen LogP contribution in [0.1, 0.15) is 0 Å². The predicted octanol–water partition coefficient (Wildman–Crippen LogP) is 7.33. The highest BCUT2D eigenvalue weighted by molar-refractivity contribution is 8.52. The van der Waals surface area contributed by atoms with Gasteiger partial charge in [0.2, 0.25) is 0 Å². The van der Waals surface area contributed by atoms with Crippen molar-refractivity contribution in [2.75, 3.05) is 0 Å². The Labute approximate surface area is 149 Å². The molecule has 0 nitrogen and oxygen atoms in total. The molecular formula is C15H45PSi6. The lowest BCUT2D eigenvalue weighted by Gasteiger charge is -2.67. The fourth-order valence-electron chi connectivity index (χ4n) is 6.39. The second-order valence-corrected chi connectivity index (χ2v) is 83.1. The van der Waals surface area contributed by atoms with Gasteiger partial charge >= 0.3 is 0 Å². The van der Waals surface area contributed by atoms with Gasteiger partial charge in [-0.2, -0.15) is 0 Å². The van der Waals surface area contributed by atoms with Crippen molar-refractivity contribution >= 4 is 51.1 Å². The van der Waals surface area contributed by atoms with Gasteiger partial charge in [-0.25, -0.2) is 0 Å². The first-order valence-electron chi connectivity index (χ1n) is 8.92. The van der Waals surface area contributed by atoms with Gasteiger partial charge in [-0.1, -0.05) is 98.2 Å². The van der Waals surface area contributed by atoms with E-state index in [4.69, 9.17) is 0 Å². The molecule has 0 aromatic carbocycles. The van der Waals surface area contributed by atoms with E-state index in [-0.39, 0.29) is 0 Å². The number of rotatable bonds is 6. The van der Waals surface area contributed by atoms with Gasteiger partial charge in [-0.05, 0) is 0 Å². The van der Waals surface area contributed by atoms with Crippen molar-refractivity contribution in [2.45, 2.75) is 98.2 Å². The summed E-state index contributed by atoms with van der Waals surface area (Å²) < 4.78 is 0. The van der Waals surface area contributed by atoms with Crippen LogP contribution in [0.2, 0.25) is 98.2 Å². The van der Waals surface area contributed by atoms with Crippen LogP contribution in [0.4, 0.5) is 0 Å². The van der Waals surface area contributed by atoms with Crippen LogP contribution in [-0.2, 0) is 0 Å². The standard InChI is InChI=1S/C15H45PSi6/c1-17(2,3)16(18(4,5)6)22(19(7,8)9,20(10,11)12)21(13,14)15/h1-15H3. The monoisotopic (exact) mass is 424 g/mol. The van der Waals surface area contributed by atoms with Crippen LogP contribution in [0.25, 0.3) is 0 Å². The van der Waals surface area contributed by atoms with E-state index in [0.717, 1.165) is 0 Å². The van der Waals surface area contributed by atoms with Gasteiger partial charge in [-0.3, -0.25) is 0 Å². The quantitative estimate of drug-likeness (QED) is 0.309. The highest BCUT2D eigenvalue weighted by Gasteiger charge is 2.68. The smallest absolute Gasteiger partial charge is 0.0633 e. The third kappa shape index (κ3) is 4.28. The molecule has 0 aliphatic carbocycles. The maximum atomic E-state index is 2.80. The Hall–Kier alpha value is 1.73. The van der Waals surface area contributed by atoms with Crippen LogP contribution in [0.3, 0.4) is 0 Å². The summed E-state index contributed by atoms with van der Waals surface area (Å²) >= 11 is 0. The Morgan fingerprint density at radius 2 is 0.545 bits per heavy atom. The number of hydrogen-bond acceptors (Lipinski definition) is 0. The summed E-state index contributed by atoms with van der Waals surface area (Å²) in [6.07, 6.45) is -1.20. The van der Waals surface area contributed by atoms with Gasteiger partial charge < -0.3 is 0 Å². The molecule has 134 valence electrons. The van der Waals surface area contributed by atoms with Gasteiger partial charge in [0.15, 0.2) is 0 Å². The van der Waals surface area contributed by atoms with E-state index >= 15 is 0 Å². The molecule has 0 saturated heterocycles. The minimum atomic E-state index is -1.20. The zero-order valence-corrected chi connectivity index (χ0v) is 25.3. The Morgan fingerprint density at radius 1 is 0.364 bits per heavy atom. The highest BCUT2D eigenvalue weighted by Crippen LogP contribution is 2.68. The third-order valence-electron chi connectivity index (χ3n) is 4.93. The molecule has 0 unspecified atom stereocenters. The largest absolute Gasteiger partial charge is 0.146 e. The minimum absolute atomic E-state index is 0.347. The summed E-state index contributed by atoms with van der Waals surface area (Å²) in [6.45, 7) is 42.0. The molecule has 7 heteroatoms. The summed E-state index contributed by atoms with van der Waals surface area (Å²) in [5.41, 5.74) is 0. The van der Waals surface area contributed by atoms with Gasteiger partial charge in [-0.15, -0.1) is 6.57 Å². The lowest BCUT2D eigenvalue weighted by molar-refractivity contribution is 1.75. The lowest BCUT2D eigenvalue weighted by atomic mass is 11.8. The molecule has 0 aromatic rings. The second-order valence-electron chi connectivity index (χ2n) is 12.1. The van der Waals surface area contributed by atoms with Crippen LogP contribution in [0, 0.1) is 0 Å². The van der Waals surface area contributed by atoms with Crippen LogP contribution in [0.15, 0.2) is 0 Å². The van der Waals surface area contributed by atoms with Gasteiger partial charge in [0, 0.05) is 22.8 Å². The maximum Gasteiger partial charge on any atom is 0.0633 e. The molecule has 22 heavy (non-hydrogen) atoms. The Bertz CT molecular complexity index is 337. The SMILES string of the molecule is C[Si](C)(C)P([Si](C)(C)C)[Si]([Si](C)(C)C)([Si](C)(C)C)[Si](C)(C)C. The number of hydrogen-bond donors (Lipinski definition) is 0. The fourth-order valence-corrected chi connectivity index (χ4v) is 281. The van der Waals surface area contributed by atoms with E-state index < -0.39 is 44.6 Å². The van der Waals surface area contributed by atoms with E-state index in [1.54, 1.807) is 0 Å². The topological polar surface area (TPSA) is 0 Å². The molecule has 0 aliphatic heterocycles. The molecule has 0 saturated carbocycles. The van der Waals surface area contributed by atoms with E-state index in [1.807, 2.05) is 0 Å². The fraction of sp³-hybridized carbons (Fsp3) is 1.00. The van der Waals surface area contributed by atoms with Gasteiger partial charge in [0.05, 0.1) is 21.8 Å². The molecule has 0 amide bonds. The predicted molar refractivity (Wildman–Crippen MR) is 129 cm³/mol. The molecule has 0 heterocycles. The van der Waals surface area contributed by atoms with Crippen molar-refractivity contribution in [2.24, 2.45) is 0 Å². The Morgan fingerprint density at radius 3 is 0.591 bits per heavy atom. The maximum absolute atomic E-state index is 2.80. The van der Waals surface area contributed by atoms with Crippen LogP contribution < -0.4 is 0 Å². The van der Waals surface area contributed by atoms with Gasteiger partial charge in [0.25, 0.3) is 0 Å². The first-order chi connectivity index (χ1) is 9.12. The van der Waals surface area contributed by atoms with E-state index in [0.29, 0.717) is 6.57 Å². The molecule has 0 spiro atoms. The van der Waals surface area contributed by atoms with Crippen molar-refractivity contribution in [1.29, 1.82) is 0 Å². The molecule has 0 atom stereocenters. The molecule has 0 rings (SSSR count). The van der Waals surface area contributed by atoms with E-state index in [2.05, 4.69) is 98.2 Å². The van der Waals surface area contributed by atoms with Crippen molar-refractivity contribution in [3.05, 3.63) is 0 Å². The second kappa shape index (κ2) is 6.47. The molecule has 0 fully saturated rings. The first-order valence-corrected chi connectivity index (χ1v) is 35.3. The van der Waals surface area contributed by atoms with Crippen molar-refractivity contribution < 1.29 is 0 Å². The lowest BCUT2D eigenvalue weighted by Crippen LogP contribution is -2.84. The van der Waals surface area contributed by atoms with Gasteiger partial charge in [0.1, 0.15) is 0 Å². The van der Waals surface area contributed by atoms with E-state index in [9.17, 15) is 0 Å². The van der Waals surface area contributed by atoms with Crippen LogP contribution in [0.5, 0.6) is 0 Å². The van der Waals surface area contributed by atoms with E-state index in [1.165, 1.54) is 0 Å². The molecule has 0 radical (unpaired) electrons. The Kier molecular flexibility index (Phi) is 6.98. The summed E-state index contributed by atoms with van der Waals surface area (Å²) in [5, 5.41) is 0. The van der Waals surface area contributed by atoms with Crippen LogP contribution >= 0.6 is 6.57 Å². The van der Waals surface area contributed by atoms with Crippen LogP contribution in [-0.4, -0.2) is 44.6 Å². The highest BCUT2D eigenvalue weighted by atomic mass is 31.9. The minimum Gasteiger partial charge on any atom is -0.146 e. The zero-order valence-electron chi connectivity index (χ0n) is 18.4. The van der Waals surface area contributed by atoms with Crippen molar-refractivity contribution in [3.63, 3.8) is 0 Å². The summed E-state index contributed by atoms with van der Waals surface area (Å²) in [7, 11) is -5.58. The zero-order chi connectivity index (χ0) is 18.6. The molecule has 0 N–H and O–H groups in total. The summed E-state index contributed by atoms with van der Waals surface area (Å²) in [5.74, 6) is 0. The average molecular weight is 425 g/mol. The molecular weight excluding hydrogens is 380 g/mol. The summed E-state index contributed by atoms with van der Waals surface area (Å²) in [6, 6.07) is 0. The normalized spacial score (nSPS) is 16.4.